The molecular formula is C11H13ClFN3O2. The average Bonchev–Trinajstić information content (AvgIpc) is 2.27. The second-order valence-corrected chi connectivity index (χ2v) is 5.02. The van der Waals surface area contributed by atoms with Gasteiger partial charge >= 0.3 is 0 Å². The van der Waals surface area contributed by atoms with Gasteiger partial charge in [0.15, 0.2) is 0 Å². The van der Waals surface area contributed by atoms with Gasteiger partial charge < -0.3 is 11.1 Å². The molecular weight excluding hydrogens is 261 g/mol. The van der Waals surface area contributed by atoms with Crippen LogP contribution in [0.15, 0.2) is 12.1 Å². The van der Waals surface area contributed by atoms with Crippen LogP contribution in [0.3, 0.4) is 0 Å². The lowest BCUT2D eigenvalue weighted by Crippen LogP contribution is -2.52. The van der Waals surface area contributed by atoms with Crippen LogP contribution >= 0.6 is 11.6 Å². The fourth-order valence-electron chi connectivity index (χ4n) is 1.91. The molecule has 0 aliphatic heterocycles. The van der Waals surface area contributed by atoms with Crippen molar-refractivity contribution in [1.29, 1.82) is 0 Å². The minimum absolute atomic E-state index is 0.110. The first-order valence-corrected chi connectivity index (χ1v) is 5.95. The van der Waals surface area contributed by atoms with Gasteiger partial charge in [0.1, 0.15) is 11.5 Å². The second kappa shape index (κ2) is 4.70. The first-order valence-electron chi connectivity index (χ1n) is 5.57. The number of hydrogen-bond donors (Lipinski definition) is 2. The van der Waals surface area contributed by atoms with Crippen molar-refractivity contribution in [3.05, 3.63) is 33.1 Å². The monoisotopic (exact) mass is 273 g/mol. The number of hydrogen-bond acceptors (Lipinski definition) is 4. The summed E-state index contributed by atoms with van der Waals surface area (Å²) < 4.78 is 13.3. The summed E-state index contributed by atoms with van der Waals surface area (Å²) >= 11 is 5.53. The third-order valence-electron chi connectivity index (χ3n) is 3.22. The molecule has 98 valence electrons. The molecule has 1 saturated carbocycles. The van der Waals surface area contributed by atoms with Gasteiger partial charge in [-0.25, -0.2) is 4.39 Å². The molecule has 0 amide bonds. The van der Waals surface area contributed by atoms with E-state index in [9.17, 15) is 14.5 Å². The molecule has 0 unspecified atom stereocenters. The molecule has 1 aromatic rings. The summed E-state index contributed by atoms with van der Waals surface area (Å²) in [4.78, 5) is 10.2. The topological polar surface area (TPSA) is 81.2 Å². The van der Waals surface area contributed by atoms with Crippen LogP contribution in [0.2, 0.25) is 5.02 Å². The quantitative estimate of drug-likeness (QED) is 0.653. The third-order valence-corrected chi connectivity index (χ3v) is 3.51. The minimum Gasteiger partial charge on any atom is -0.378 e. The van der Waals surface area contributed by atoms with Crippen LogP contribution in [0.1, 0.15) is 19.3 Å². The molecule has 0 heterocycles. The van der Waals surface area contributed by atoms with Crippen molar-refractivity contribution in [2.45, 2.75) is 24.8 Å². The Morgan fingerprint density at radius 2 is 2.22 bits per heavy atom. The van der Waals surface area contributed by atoms with Crippen LogP contribution in [-0.2, 0) is 0 Å². The van der Waals surface area contributed by atoms with Crippen molar-refractivity contribution >= 4 is 23.0 Å². The zero-order chi connectivity index (χ0) is 13.3. The number of nitrogens with two attached hydrogens (primary N) is 1. The second-order valence-electron chi connectivity index (χ2n) is 4.61. The first kappa shape index (κ1) is 13.0. The Kier molecular flexibility index (Phi) is 3.41. The SMILES string of the molecule is NC1(CNc2cc(F)c(Cl)cc2[N+](=O)[O-])CCC1. The summed E-state index contributed by atoms with van der Waals surface area (Å²) in [5.74, 6) is -0.690. The molecule has 0 atom stereocenters. The maximum Gasteiger partial charge on any atom is 0.294 e. The van der Waals surface area contributed by atoms with Crippen molar-refractivity contribution in [3.8, 4) is 0 Å². The Bertz CT molecular complexity index is 491. The summed E-state index contributed by atoms with van der Waals surface area (Å²) in [6, 6.07) is 2.03. The molecule has 0 bridgehead atoms. The number of benzene rings is 1. The van der Waals surface area contributed by atoms with E-state index in [1.54, 1.807) is 0 Å². The number of nitro groups is 1. The molecule has 0 saturated heterocycles. The van der Waals surface area contributed by atoms with E-state index in [-0.39, 0.29) is 21.9 Å². The van der Waals surface area contributed by atoms with Gasteiger partial charge in [0.25, 0.3) is 5.69 Å². The van der Waals surface area contributed by atoms with E-state index in [0.29, 0.717) is 6.54 Å². The van der Waals surface area contributed by atoms with Gasteiger partial charge in [-0.15, -0.1) is 0 Å². The summed E-state index contributed by atoms with van der Waals surface area (Å²) in [7, 11) is 0. The predicted octanol–water partition coefficient (Wildman–Crippen LogP) is 2.68. The predicted molar refractivity (Wildman–Crippen MR) is 67.3 cm³/mol. The Morgan fingerprint density at radius 1 is 1.56 bits per heavy atom. The highest BCUT2D eigenvalue weighted by molar-refractivity contribution is 6.31. The normalized spacial score (nSPS) is 17.1. The van der Waals surface area contributed by atoms with Crippen LogP contribution in [0.25, 0.3) is 0 Å². The first-order chi connectivity index (χ1) is 8.41. The maximum absolute atomic E-state index is 13.3. The van der Waals surface area contributed by atoms with Crippen LogP contribution in [0, 0.1) is 15.9 Å². The van der Waals surface area contributed by atoms with Gasteiger partial charge in [-0.05, 0) is 19.3 Å². The van der Waals surface area contributed by atoms with E-state index in [0.717, 1.165) is 31.4 Å². The lowest BCUT2D eigenvalue weighted by Gasteiger charge is -2.38. The molecule has 1 aliphatic carbocycles. The van der Waals surface area contributed by atoms with Crippen molar-refractivity contribution in [2.75, 3.05) is 11.9 Å². The molecule has 1 fully saturated rings. The van der Waals surface area contributed by atoms with Gasteiger partial charge in [-0.3, -0.25) is 10.1 Å². The largest absolute Gasteiger partial charge is 0.378 e. The number of nitrogens with zero attached hydrogens (tertiary/aromatic N) is 1. The van der Waals surface area contributed by atoms with E-state index < -0.39 is 10.7 Å². The molecule has 18 heavy (non-hydrogen) atoms. The molecule has 1 aromatic carbocycles. The van der Waals surface area contributed by atoms with E-state index in [2.05, 4.69) is 5.32 Å². The summed E-state index contributed by atoms with van der Waals surface area (Å²) in [5.41, 5.74) is 5.51. The van der Waals surface area contributed by atoms with E-state index in [4.69, 9.17) is 17.3 Å². The van der Waals surface area contributed by atoms with Crippen molar-refractivity contribution in [3.63, 3.8) is 0 Å². The molecule has 0 spiro atoms. The van der Waals surface area contributed by atoms with Crippen molar-refractivity contribution in [1.82, 2.24) is 0 Å². The Balaban J connectivity index is 2.20. The summed E-state index contributed by atoms with van der Waals surface area (Å²) in [6.07, 6.45) is 2.78. The van der Waals surface area contributed by atoms with E-state index >= 15 is 0 Å². The number of anilines is 1. The molecule has 1 aliphatic rings. The van der Waals surface area contributed by atoms with Crippen LogP contribution in [-0.4, -0.2) is 17.0 Å². The lowest BCUT2D eigenvalue weighted by atomic mass is 9.78. The zero-order valence-electron chi connectivity index (χ0n) is 9.58. The van der Waals surface area contributed by atoms with Crippen molar-refractivity contribution in [2.24, 2.45) is 5.73 Å². The van der Waals surface area contributed by atoms with Gasteiger partial charge in [0, 0.05) is 24.2 Å². The number of rotatable bonds is 4. The highest BCUT2D eigenvalue weighted by Gasteiger charge is 2.32. The Morgan fingerprint density at radius 3 is 2.72 bits per heavy atom. The van der Waals surface area contributed by atoms with Crippen molar-refractivity contribution < 1.29 is 9.31 Å². The Labute approximate surface area is 108 Å². The van der Waals surface area contributed by atoms with Gasteiger partial charge in [0.05, 0.1) is 9.95 Å². The molecule has 0 radical (unpaired) electrons. The lowest BCUT2D eigenvalue weighted by molar-refractivity contribution is -0.384. The molecule has 3 N–H and O–H groups in total. The highest BCUT2D eigenvalue weighted by Crippen LogP contribution is 2.33. The number of nitro benzene ring substituents is 1. The fourth-order valence-corrected chi connectivity index (χ4v) is 2.07. The summed E-state index contributed by atoms with van der Waals surface area (Å²) in [6.45, 7) is 0.384. The maximum atomic E-state index is 13.3. The van der Waals surface area contributed by atoms with Crippen LogP contribution in [0.5, 0.6) is 0 Å². The van der Waals surface area contributed by atoms with Gasteiger partial charge in [0.2, 0.25) is 0 Å². The number of nitrogens with one attached hydrogen (secondary N) is 1. The molecule has 2 rings (SSSR count). The molecule has 7 heteroatoms. The number of halogens is 2. The smallest absolute Gasteiger partial charge is 0.294 e. The van der Waals surface area contributed by atoms with Crippen LogP contribution < -0.4 is 11.1 Å². The fraction of sp³-hybridized carbons (Fsp3) is 0.455. The standard InChI is InChI=1S/C11H13ClFN3O2/c12-7-4-10(16(17)18)9(5-8(7)13)15-6-11(14)2-1-3-11/h4-5,15H,1-3,6,14H2. The van der Waals surface area contributed by atoms with Gasteiger partial charge in [-0.1, -0.05) is 11.6 Å². The summed E-state index contributed by atoms with van der Waals surface area (Å²) in [5, 5.41) is 13.4. The van der Waals surface area contributed by atoms with Gasteiger partial charge in [-0.2, -0.15) is 0 Å². The van der Waals surface area contributed by atoms with E-state index in [1.807, 2.05) is 0 Å². The molecule has 0 aromatic heterocycles. The van der Waals surface area contributed by atoms with E-state index in [1.165, 1.54) is 0 Å². The highest BCUT2D eigenvalue weighted by atomic mass is 35.5. The minimum atomic E-state index is -0.690. The molecule has 5 nitrogen and oxygen atoms in total. The average molecular weight is 274 g/mol. The third kappa shape index (κ3) is 2.54. The zero-order valence-corrected chi connectivity index (χ0v) is 10.3. The Hall–Kier alpha value is -1.40. The van der Waals surface area contributed by atoms with Crippen LogP contribution in [0.4, 0.5) is 15.8 Å².